The highest BCUT2D eigenvalue weighted by atomic mass is 79.9. The number of fused-ring (bicyclic) bond motifs is 1. The van der Waals surface area contributed by atoms with E-state index in [9.17, 15) is 0 Å². The molecule has 1 atom stereocenters. The Morgan fingerprint density at radius 2 is 2.11 bits per heavy atom. The number of rotatable bonds is 2. The van der Waals surface area contributed by atoms with Crippen molar-refractivity contribution in [1.82, 2.24) is 20.1 Å². The van der Waals surface area contributed by atoms with Crippen LogP contribution in [0.25, 0.3) is 0 Å². The van der Waals surface area contributed by atoms with E-state index in [4.69, 9.17) is 0 Å². The summed E-state index contributed by atoms with van der Waals surface area (Å²) in [5.41, 5.74) is 1.26. The monoisotopic (exact) mass is 306 g/mol. The first-order valence-electron chi connectivity index (χ1n) is 6.14. The van der Waals surface area contributed by atoms with E-state index in [1.54, 1.807) is 0 Å². The third kappa shape index (κ3) is 2.20. The summed E-state index contributed by atoms with van der Waals surface area (Å²) < 4.78 is 3.34. The van der Waals surface area contributed by atoms with Crippen LogP contribution in [0.5, 0.6) is 0 Å². The average molecular weight is 307 g/mol. The topological polar surface area (TPSA) is 42.7 Å². The van der Waals surface area contributed by atoms with Crippen LogP contribution in [0.4, 0.5) is 0 Å². The molecule has 1 aromatic carbocycles. The SMILES string of the molecule is CC1NCCn2c(Cc3ccc(Br)cc3)nnc21. The summed E-state index contributed by atoms with van der Waals surface area (Å²) in [7, 11) is 0. The van der Waals surface area contributed by atoms with Gasteiger partial charge < -0.3 is 9.88 Å². The second-order valence-electron chi connectivity index (χ2n) is 4.61. The molecule has 3 rings (SSSR count). The van der Waals surface area contributed by atoms with Gasteiger partial charge in [0.1, 0.15) is 11.6 Å². The van der Waals surface area contributed by atoms with E-state index in [0.29, 0.717) is 6.04 Å². The van der Waals surface area contributed by atoms with Gasteiger partial charge in [0.25, 0.3) is 0 Å². The van der Waals surface area contributed by atoms with E-state index in [2.05, 4.69) is 67.2 Å². The molecule has 1 unspecified atom stereocenters. The van der Waals surface area contributed by atoms with Crippen LogP contribution >= 0.6 is 15.9 Å². The van der Waals surface area contributed by atoms with Gasteiger partial charge >= 0.3 is 0 Å². The molecule has 4 nitrogen and oxygen atoms in total. The first-order chi connectivity index (χ1) is 8.74. The third-order valence-corrected chi connectivity index (χ3v) is 3.83. The van der Waals surface area contributed by atoms with Gasteiger partial charge in [-0.2, -0.15) is 0 Å². The van der Waals surface area contributed by atoms with E-state index in [1.165, 1.54) is 5.56 Å². The predicted octanol–water partition coefficient (Wildman–Crippen LogP) is 2.30. The Hall–Kier alpha value is -1.20. The lowest BCUT2D eigenvalue weighted by Crippen LogP contribution is -2.32. The standard InChI is InChI=1S/C13H15BrN4/c1-9-13-17-16-12(18(13)7-6-15-9)8-10-2-4-11(14)5-3-10/h2-5,9,15H,6-8H2,1H3. The second kappa shape index (κ2) is 4.82. The Balaban J connectivity index is 1.87. The Morgan fingerprint density at radius 1 is 1.33 bits per heavy atom. The summed E-state index contributed by atoms with van der Waals surface area (Å²) in [6.45, 7) is 4.07. The molecule has 1 aliphatic rings. The quantitative estimate of drug-likeness (QED) is 0.926. The first kappa shape index (κ1) is 11.9. The number of aromatic nitrogens is 3. The van der Waals surface area contributed by atoms with Gasteiger partial charge in [0.05, 0.1) is 6.04 Å². The van der Waals surface area contributed by atoms with Crippen LogP contribution in [0.1, 0.15) is 30.2 Å². The summed E-state index contributed by atoms with van der Waals surface area (Å²) in [5, 5.41) is 12.0. The minimum Gasteiger partial charge on any atom is -0.312 e. The molecule has 0 aliphatic carbocycles. The Labute approximate surface area is 115 Å². The Kier molecular flexibility index (Phi) is 3.18. The van der Waals surface area contributed by atoms with Crippen LogP contribution in [0.15, 0.2) is 28.7 Å². The predicted molar refractivity (Wildman–Crippen MR) is 73.4 cm³/mol. The molecule has 0 radical (unpaired) electrons. The molecular weight excluding hydrogens is 292 g/mol. The Morgan fingerprint density at radius 3 is 2.89 bits per heavy atom. The molecule has 94 valence electrons. The van der Waals surface area contributed by atoms with Gasteiger partial charge in [-0.15, -0.1) is 10.2 Å². The fraction of sp³-hybridized carbons (Fsp3) is 0.385. The van der Waals surface area contributed by atoms with E-state index < -0.39 is 0 Å². The minimum atomic E-state index is 0.296. The molecule has 0 amide bonds. The van der Waals surface area contributed by atoms with Crippen molar-refractivity contribution in [3.05, 3.63) is 46.0 Å². The van der Waals surface area contributed by atoms with Crippen molar-refractivity contribution in [3.8, 4) is 0 Å². The normalized spacial score (nSPS) is 18.7. The summed E-state index contributed by atoms with van der Waals surface area (Å²) in [6.07, 6.45) is 0.840. The fourth-order valence-electron chi connectivity index (χ4n) is 2.31. The molecule has 0 bridgehead atoms. The van der Waals surface area contributed by atoms with Gasteiger partial charge in [0.15, 0.2) is 0 Å². The molecule has 0 fully saturated rings. The van der Waals surface area contributed by atoms with Crippen molar-refractivity contribution in [2.75, 3.05) is 6.54 Å². The maximum Gasteiger partial charge on any atom is 0.149 e. The van der Waals surface area contributed by atoms with Crippen LogP contribution in [0, 0.1) is 0 Å². The van der Waals surface area contributed by atoms with Gasteiger partial charge in [0.2, 0.25) is 0 Å². The average Bonchev–Trinajstić information content (AvgIpc) is 2.77. The molecule has 0 saturated heterocycles. The molecule has 1 aliphatic heterocycles. The van der Waals surface area contributed by atoms with Crippen LogP contribution in [0.2, 0.25) is 0 Å². The molecule has 5 heteroatoms. The molecule has 1 N–H and O–H groups in total. The number of hydrogen-bond acceptors (Lipinski definition) is 3. The fourth-order valence-corrected chi connectivity index (χ4v) is 2.58. The highest BCUT2D eigenvalue weighted by Gasteiger charge is 2.21. The maximum absolute atomic E-state index is 4.33. The smallest absolute Gasteiger partial charge is 0.149 e. The third-order valence-electron chi connectivity index (χ3n) is 3.30. The van der Waals surface area contributed by atoms with Crippen LogP contribution in [0.3, 0.4) is 0 Å². The molecular formula is C13H15BrN4. The van der Waals surface area contributed by atoms with Crippen molar-refractivity contribution in [2.45, 2.75) is 25.9 Å². The zero-order valence-electron chi connectivity index (χ0n) is 10.2. The minimum absolute atomic E-state index is 0.296. The zero-order chi connectivity index (χ0) is 12.5. The lowest BCUT2D eigenvalue weighted by Gasteiger charge is -2.21. The van der Waals surface area contributed by atoms with E-state index in [0.717, 1.165) is 35.6 Å². The lowest BCUT2D eigenvalue weighted by molar-refractivity contribution is 0.431. The molecule has 0 saturated carbocycles. The van der Waals surface area contributed by atoms with Gasteiger partial charge in [0, 0.05) is 24.0 Å². The van der Waals surface area contributed by atoms with Crippen molar-refractivity contribution >= 4 is 15.9 Å². The van der Waals surface area contributed by atoms with Crippen molar-refractivity contribution in [2.24, 2.45) is 0 Å². The van der Waals surface area contributed by atoms with E-state index >= 15 is 0 Å². The van der Waals surface area contributed by atoms with Crippen LogP contribution in [-0.2, 0) is 13.0 Å². The van der Waals surface area contributed by atoms with Crippen molar-refractivity contribution < 1.29 is 0 Å². The first-order valence-corrected chi connectivity index (χ1v) is 6.93. The summed E-state index contributed by atoms with van der Waals surface area (Å²) in [5.74, 6) is 2.11. The number of hydrogen-bond donors (Lipinski definition) is 1. The van der Waals surface area contributed by atoms with E-state index in [-0.39, 0.29) is 0 Å². The highest BCUT2D eigenvalue weighted by Crippen LogP contribution is 2.18. The van der Waals surface area contributed by atoms with Gasteiger partial charge in [-0.1, -0.05) is 28.1 Å². The molecule has 0 spiro atoms. The van der Waals surface area contributed by atoms with Crippen LogP contribution in [-0.4, -0.2) is 21.3 Å². The van der Waals surface area contributed by atoms with Gasteiger partial charge in [-0.3, -0.25) is 0 Å². The lowest BCUT2D eigenvalue weighted by atomic mass is 10.1. The van der Waals surface area contributed by atoms with Crippen molar-refractivity contribution in [1.29, 1.82) is 0 Å². The van der Waals surface area contributed by atoms with Gasteiger partial charge in [-0.25, -0.2) is 0 Å². The van der Waals surface area contributed by atoms with Gasteiger partial charge in [-0.05, 0) is 24.6 Å². The second-order valence-corrected chi connectivity index (χ2v) is 5.52. The molecule has 1 aromatic heterocycles. The van der Waals surface area contributed by atoms with E-state index in [1.807, 2.05) is 0 Å². The largest absolute Gasteiger partial charge is 0.312 e. The number of nitrogens with zero attached hydrogens (tertiary/aromatic N) is 3. The Bertz CT molecular complexity index is 547. The number of benzene rings is 1. The van der Waals surface area contributed by atoms with Crippen LogP contribution < -0.4 is 5.32 Å². The summed E-state index contributed by atoms with van der Waals surface area (Å²) >= 11 is 3.45. The number of nitrogens with one attached hydrogen (secondary N) is 1. The highest BCUT2D eigenvalue weighted by molar-refractivity contribution is 9.10. The summed E-state index contributed by atoms with van der Waals surface area (Å²) in [6, 6.07) is 8.66. The van der Waals surface area contributed by atoms with Crippen molar-refractivity contribution in [3.63, 3.8) is 0 Å². The molecule has 2 aromatic rings. The zero-order valence-corrected chi connectivity index (χ0v) is 11.8. The number of halogens is 1. The molecule has 18 heavy (non-hydrogen) atoms. The summed E-state index contributed by atoms with van der Waals surface area (Å²) in [4.78, 5) is 0. The molecule has 2 heterocycles. The maximum atomic E-state index is 4.33.